The molecule has 5 N–H and O–H groups in total. The number of benzene rings is 1. The molecule has 8 heteroatoms. The predicted octanol–water partition coefficient (Wildman–Crippen LogP) is 2.09. The summed E-state index contributed by atoms with van der Waals surface area (Å²) < 4.78 is 5.44. The van der Waals surface area contributed by atoms with Crippen LogP contribution in [-0.4, -0.2) is 37.7 Å². The Labute approximate surface area is 148 Å². The number of nitrogens with one attached hydrogen (secondary N) is 3. The van der Waals surface area contributed by atoms with Gasteiger partial charge in [0, 0.05) is 30.9 Å². The van der Waals surface area contributed by atoms with Crippen LogP contribution in [0, 0.1) is 0 Å². The second-order valence-corrected chi connectivity index (χ2v) is 5.49. The number of urea groups is 1. The molecule has 7 nitrogen and oxygen atoms in total. The average molecular weight is 357 g/mol. The number of anilines is 2. The third-order valence-electron chi connectivity index (χ3n) is 3.55. The first-order valence-corrected chi connectivity index (χ1v) is 7.94. The number of carbonyl (C=O) groups excluding carboxylic acids is 2. The van der Waals surface area contributed by atoms with Crippen LogP contribution in [0.5, 0.6) is 0 Å². The van der Waals surface area contributed by atoms with Crippen molar-refractivity contribution in [1.82, 2.24) is 5.32 Å². The van der Waals surface area contributed by atoms with E-state index in [1.165, 1.54) is 0 Å². The first-order chi connectivity index (χ1) is 11.2. The number of halogens is 1. The lowest BCUT2D eigenvalue weighted by Gasteiger charge is -2.12. The van der Waals surface area contributed by atoms with Crippen molar-refractivity contribution < 1.29 is 14.3 Å². The Kier molecular flexibility index (Phi) is 9.14. The van der Waals surface area contributed by atoms with Crippen molar-refractivity contribution in [2.75, 3.05) is 30.3 Å². The monoisotopic (exact) mass is 356 g/mol. The largest absolute Gasteiger partial charge is 0.376 e. The van der Waals surface area contributed by atoms with Gasteiger partial charge in [-0.25, -0.2) is 4.79 Å². The molecule has 1 atom stereocenters. The molecule has 1 heterocycles. The zero-order valence-corrected chi connectivity index (χ0v) is 14.4. The fraction of sp³-hybridized carbons (Fsp3) is 0.500. The van der Waals surface area contributed by atoms with Crippen LogP contribution in [0.1, 0.15) is 25.7 Å². The topological polar surface area (TPSA) is 105 Å². The lowest BCUT2D eigenvalue weighted by atomic mass is 10.2. The fourth-order valence-electron chi connectivity index (χ4n) is 2.31. The van der Waals surface area contributed by atoms with E-state index in [0.717, 1.165) is 19.4 Å². The molecule has 1 aromatic carbocycles. The van der Waals surface area contributed by atoms with Gasteiger partial charge >= 0.3 is 6.03 Å². The van der Waals surface area contributed by atoms with Gasteiger partial charge in [-0.05, 0) is 50.1 Å². The summed E-state index contributed by atoms with van der Waals surface area (Å²) in [5, 5.41) is 8.31. The molecule has 1 fully saturated rings. The van der Waals surface area contributed by atoms with Crippen molar-refractivity contribution in [2.45, 2.75) is 31.8 Å². The summed E-state index contributed by atoms with van der Waals surface area (Å²) in [7, 11) is 0. The summed E-state index contributed by atoms with van der Waals surface area (Å²) in [6, 6.07) is 6.71. The number of nitrogens with two attached hydrogens (primary N) is 1. The number of hydrogen-bond donors (Lipinski definition) is 4. The van der Waals surface area contributed by atoms with Crippen molar-refractivity contribution in [3.8, 4) is 0 Å². The average Bonchev–Trinajstić information content (AvgIpc) is 3.06. The van der Waals surface area contributed by atoms with Crippen LogP contribution in [0.25, 0.3) is 0 Å². The summed E-state index contributed by atoms with van der Waals surface area (Å²) in [5.74, 6) is -0.0644. The van der Waals surface area contributed by atoms with E-state index in [2.05, 4.69) is 16.0 Å². The standard InChI is InChI=1S/C16H24N4O3.ClH/c17-9-1-4-15(21)19-12-5-7-13(8-6-12)20-16(22)18-11-14-3-2-10-23-14;/h5-8,14H,1-4,9-11,17H2,(H,19,21)(H2,18,20,22);1H. The van der Waals surface area contributed by atoms with Crippen LogP contribution < -0.4 is 21.7 Å². The van der Waals surface area contributed by atoms with Gasteiger partial charge in [-0.2, -0.15) is 0 Å². The summed E-state index contributed by atoms with van der Waals surface area (Å²) >= 11 is 0. The molecule has 0 saturated carbocycles. The number of amides is 3. The molecule has 1 aliphatic heterocycles. The maximum absolute atomic E-state index is 11.8. The normalized spacial score (nSPS) is 16.1. The van der Waals surface area contributed by atoms with Gasteiger partial charge in [0.2, 0.25) is 5.91 Å². The van der Waals surface area contributed by atoms with E-state index in [-0.39, 0.29) is 30.4 Å². The predicted molar refractivity (Wildman–Crippen MR) is 96.6 cm³/mol. The first-order valence-electron chi connectivity index (χ1n) is 7.94. The first kappa shape index (κ1) is 20.2. The number of carbonyl (C=O) groups is 2. The molecule has 0 spiro atoms. The summed E-state index contributed by atoms with van der Waals surface area (Å²) in [4.78, 5) is 23.4. The summed E-state index contributed by atoms with van der Waals surface area (Å²) in [6.45, 7) is 1.78. The smallest absolute Gasteiger partial charge is 0.319 e. The minimum absolute atomic E-state index is 0. The zero-order chi connectivity index (χ0) is 16.5. The lowest BCUT2D eigenvalue weighted by molar-refractivity contribution is -0.116. The van der Waals surface area contributed by atoms with E-state index < -0.39 is 0 Å². The van der Waals surface area contributed by atoms with E-state index in [1.807, 2.05) is 0 Å². The van der Waals surface area contributed by atoms with E-state index in [1.54, 1.807) is 24.3 Å². The molecule has 0 radical (unpaired) electrons. The van der Waals surface area contributed by atoms with Gasteiger partial charge < -0.3 is 26.4 Å². The molecule has 134 valence electrons. The van der Waals surface area contributed by atoms with E-state index in [9.17, 15) is 9.59 Å². The SMILES string of the molecule is Cl.NCCCC(=O)Nc1ccc(NC(=O)NCC2CCCO2)cc1. The minimum atomic E-state index is -0.264. The molecule has 1 saturated heterocycles. The van der Waals surface area contributed by atoms with Crippen LogP contribution in [0.4, 0.5) is 16.2 Å². The number of rotatable bonds is 7. The maximum Gasteiger partial charge on any atom is 0.319 e. The molecule has 1 aliphatic rings. The molecule has 24 heavy (non-hydrogen) atoms. The van der Waals surface area contributed by atoms with Crippen LogP contribution in [0.2, 0.25) is 0 Å². The fourth-order valence-corrected chi connectivity index (χ4v) is 2.31. The van der Waals surface area contributed by atoms with E-state index in [0.29, 0.717) is 37.3 Å². The third-order valence-corrected chi connectivity index (χ3v) is 3.55. The second kappa shape index (κ2) is 10.9. The Balaban J connectivity index is 0.00000288. The Morgan fingerprint density at radius 2 is 1.83 bits per heavy atom. The molecule has 2 rings (SSSR count). The van der Waals surface area contributed by atoms with Crippen molar-refractivity contribution in [3.05, 3.63) is 24.3 Å². The molecule has 0 bridgehead atoms. The molecule has 1 aromatic rings. The zero-order valence-electron chi connectivity index (χ0n) is 13.5. The quantitative estimate of drug-likeness (QED) is 0.600. The summed E-state index contributed by atoms with van der Waals surface area (Å²) in [6.07, 6.45) is 3.22. The van der Waals surface area contributed by atoms with Gasteiger partial charge in [-0.3, -0.25) is 4.79 Å². The highest BCUT2D eigenvalue weighted by Gasteiger charge is 2.16. The summed E-state index contributed by atoms with van der Waals surface area (Å²) in [5.41, 5.74) is 6.72. The minimum Gasteiger partial charge on any atom is -0.376 e. The van der Waals surface area contributed by atoms with E-state index in [4.69, 9.17) is 10.5 Å². The van der Waals surface area contributed by atoms with Gasteiger partial charge in [0.1, 0.15) is 0 Å². The van der Waals surface area contributed by atoms with Gasteiger partial charge in [0.25, 0.3) is 0 Å². The second-order valence-electron chi connectivity index (χ2n) is 5.49. The highest BCUT2D eigenvalue weighted by Crippen LogP contribution is 2.14. The van der Waals surface area contributed by atoms with Gasteiger partial charge in [-0.1, -0.05) is 0 Å². The highest BCUT2D eigenvalue weighted by molar-refractivity contribution is 5.92. The highest BCUT2D eigenvalue weighted by atomic mass is 35.5. The van der Waals surface area contributed by atoms with Crippen LogP contribution in [0.15, 0.2) is 24.3 Å². The van der Waals surface area contributed by atoms with Crippen molar-refractivity contribution in [2.24, 2.45) is 5.73 Å². The van der Waals surface area contributed by atoms with Gasteiger partial charge in [0.15, 0.2) is 0 Å². The Hall–Kier alpha value is -1.83. The van der Waals surface area contributed by atoms with Crippen LogP contribution in [0.3, 0.4) is 0 Å². The molecule has 1 unspecified atom stereocenters. The third kappa shape index (κ3) is 7.16. The van der Waals surface area contributed by atoms with E-state index >= 15 is 0 Å². The molecule has 0 aliphatic carbocycles. The van der Waals surface area contributed by atoms with Crippen molar-refractivity contribution >= 4 is 35.7 Å². The maximum atomic E-state index is 11.8. The van der Waals surface area contributed by atoms with Gasteiger partial charge in [-0.15, -0.1) is 12.4 Å². The number of hydrogen-bond acceptors (Lipinski definition) is 4. The molecular formula is C16H25ClN4O3. The van der Waals surface area contributed by atoms with Crippen molar-refractivity contribution in [3.63, 3.8) is 0 Å². The van der Waals surface area contributed by atoms with Crippen LogP contribution in [-0.2, 0) is 9.53 Å². The van der Waals surface area contributed by atoms with Gasteiger partial charge in [0.05, 0.1) is 6.10 Å². The Morgan fingerprint density at radius 3 is 2.42 bits per heavy atom. The molecular weight excluding hydrogens is 332 g/mol. The van der Waals surface area contributed by atoms with Crippen LogP contribution >= 0.6 is 12.4 Å². The number of ether oxygens (including phenoxy) is 1. The lowest BCUT2D eigenvalue weighted by Crippen LogP contribution is -2.35. The molecule has 3 amide bonds. The Bertz CT molecular complexity index is 519. The van der Waals surface area contributed by atoms with Crippen molar-refractivity contribution in [1.29, 1.82) is 0 Å². The molecule has 0 aromatic heterocycles. The Morgan fingerprint density at radius 1 is 1.17 bits per heavy atom.